The minimum absolute atomic E-state index is 0.0963. The first kappa shape index (κ1) is 22.9. The quantitative estimate of drug-likeness (QED) is 0.407. The Morgan fingerprint density at radius 2 is 2.07 bits per heavy atom. The third-order valence-electron chi connectivity index (χ3n) is 6.40. The van der Waals surface area contributed by atoms with Gasteiger partial charge < -0.3 is 20.3 Å². The molecular formula is C22H36NO5P. The summed E-state index contributed by atoms with van der Waals surface area (Å²) in [6.45, 7) is 4.92. The summed E-state index contributed by atoms with van der Waals surface area (Å²) in [5, 5.41) is 0. The number of nitrogens with two attached hydrogens (primary N) is 1. The Hall–Kier alpha value is -0.750. The third-order valence-corrected chi connectivity index (χ3v) is 6.87. The molecule has 0 bridgehead atoms. The number of phosphoric ester groups is 1. The van der Waals surface area contributed by atoms with Crippen LogP contribution < -0.4 is 5.73 Å². The summed E-state index contributed by atoms with van der Waals surface area (Å²) in [5.74, 6) is 1.08. The van der Waals surface area contributed by atoms with Crippen molar-refractivity contribution in [1.82, 2.24) is 0 Å². The van der Waals surface area contributed by atoms with Crippen molar-refractivity contribution >= 4 is 7.82 Å². The van der Waals surface area contributed by atoms with Gasteiger partial charge in [0.1, 0.15) is 0 Å². The van der Waals surface area contributed by atoms with E-state index in [-0.39, 0.29) is 6.61 Å². The molecule has 164 valence electrons. The number of phosphoric acid groups is 1. The maximum Gasteiger partial charge on any atom is 0.469 e. The fraction of sp³-hybridized carbons (Fsp3) is 0.727. The van der Waals surface area contributed by atoms with Gasteiger partial charge in [0, 0.05) is 12.1 Å². The lowest BCUT2D eigenvalue weighted by Gasteiger charge is -2.27. The molecule has 1 aromatic rings. The molecule has 0 radical (unpaired) electrons. The average molecular weight is 426 g/mol. The van der Waals surface area contributed by atoms with Crippen LogP contribution in [-0.4, -0.2) is 34.6 Å². The van der Waals surface area contributed by atoms with E-state index in [4.69, 9.17) is 20.3 Å². The van der Waals surface area contributed by atoms with Crippen LogP contribution in [-0.2, 0) is 26.7 Å². The minimum atomic E-state index is -4.48. The molecule has 0 saturated heterocycles. The van der Waals surface area contributed by atoms with Crippen molar-refractivity contribution in [2.75, 3.05) is 13.2 Å². The lowest BCUT2D eigenvalue weighted by atomic mass is 9.80. The summed E-state index contributed by atoms with van der Waals surface area (Å²) in [6, 6.07) is 6.85. The topological polar surface area (TPSA) is 102 Å². The van der Waals surface area contributed by atoms with Crippen LogP contribution in [0, 0.1) is 5.92 Å². The zero-order chi connectivity index (χ0) is 21.1. The summed E-state index contributed by atoms with van der Waals surface area (Å²) >= 11 is 0. The van der Waals surface area contributed by atoms with E-state index in [0.29, 0.717) is 18.4 Å². The van der Waals surface area contributed by atoms with E-state index in [0.717, 1.165) is 44.6 Å². The third kappa shape index (κ3) is 6.88. The standard InChI is InChI=1S/C22H36NO5P/c1-16(2)27-11-3-4-17-5-6-19-13-20(8-7-18(19)12-17)21-9-10-22(23,14-21)15-28-29(24,25)26/h7-8,13,16-17,21H,3-6,9-12,14-15,23H2,1-2H3,(H2,24,25,26)/t17-,21-,22+/m1/s1. The lowest BCUT2D eigenvalue weighted by molar-refractivity contribution is 0.0732. The fourth-order valence-corrected chi connectivity index (χ4v) is 5.25. The van der Waals surface area contributed by atoms with Gasteiger partial charge in [0.15, 0.2) is 0 Å². The van der Waals surface area contributed by atoms with Crippen molar-refractivity contribution in [3.05, 3.63) is 34.9 Å². The average Bonchev–Trinajstić information content (AvgIpc) is 3.05. The maximum atomic E-state index is 11.0. The summed E-state index contributed by atoms with van der Waals surface area (Å²) in [4.78, 5) is 17.9. The van der Waals surface area contributed by atoms with Crippen LogP contribution in [0.1, 0.15) is 75.0 Å². The molecule has 3 rings (SSSR count). The molecule has 0 heterocycles. The first-order valence-corrected chi connectivity index (χ1v) is 12.4. The van der Waals surface area contributed by atoms with Crippen molar-refractivity contribution in [2.45, 2.75) is 82.8 Å². The minimum Gasteiger partial charge on any atom is -0.379 e. The van der Waals surface area contributed by atoms with E-state index < -0.39 is 13.4 Å². The van der Waals surface area contributed by atoms with E-state index in [9.17, 15) is 4.57 Å². The molecule has 1 fully saturated rings. The van der Waals surface area contributed by atoms with E-state index in [1.165, 1.54) is 29.5 Å². The number of rotatable bonds is 9. The Labute approximate surface area is 174 Å². The highest BCUT2D eigenvalue weighted by Gasteiger charge is 2.38. The summed E-state index contributed by atoms with van der Waals surface area (Å²) < 4.78 is 21.3. The van der Waals surface area contributed by atoms with Crippen molar-refractivity contribution < 1.29 is 23.6 Å². The monoisotopic (exact) mass is 425 g/mol. The van der Waals surface area contributed by atoms with Crippen LogP contribution in [0.3, 0.4) is 0 Å². The number of benzene rings is 1. The van der Waals surface area contributed by atoms with Gasteiger partial charge in [-0.2, -0.15) is 0 Å². The zero-order valence-corrected chi connectivity index (χ0v) is 18.6. The molecule has 2 aliphatic rings. The largest absolute Gasteiger partial charge is 0.469 e. The molecule has 29 heavy (non-hydrogen) atoms. The maximum absolute atomic E-state index is 11.0. The second kappa shape index (κ2) is 9.59. The van der Waals surface area contributed by atoms with Crippen molar-refractivity contribution in [1.29, 1.82) is 0 Å². The smallest absolute Gasteiger partial charge is 0.379 e. The molecule has 7 heteroatoms. The van der Waals surface area contributed by atoms with Crippen LogP contribution in [0.5, 0.6) is 0 Å². The Morgan fingerprint density at radius 3 is 2.79 bits per heavy atom. The SMILES string of the molecule is CC(C)OCCC[C@@H]1CCc2cc([C@@H]3CC[C@@](N)(COP(=O)(O)O)C3)ccc2C1. The predicted octanol–water partition coefficient (Wildman–Crippen LogP) is 4.07. The highest BCUT2D eigenvalue weighted by Crippen LogP contribution is 2.44. The molecule has 0 unspecified atom stereocenters. The Balaban J connectivity index is 1.53. The number of aryl methyl sites for hydroxylation is 1. The van der Waals surface area contributed by atoms with Gasteiger partial charge in [-0.1, -0.05) is 18.2 Å². The highest BCUT2D eigenvalue weighted by atomic mass is 31.2. The summed E-state index contributed by atoms with van der Waals surface area (Å²) in [7, 11) is -4.48. The van der Waals surface area contributed by atoms with E-state index in [2.05, 4.69) is 36.6 Å². The molecular weight excluding hydrogens is 389 g/mol. The van der Waals surface area contributed by atoms with Gasteiger partial charge in [0.05, 0.1) is 12.7 Å². The second-order valence-corrected chi connectivity index (χ2v) is 10.5. The normalized spacial score (nSPS) is 27.4. The van der Waals surface area contributed by atoms with E-state index in [1.807, 2.05) is 0 Å². The van der Waals surface area contributed by atoms with Crippen LogP contribution >= 0.6 is 7.82 Å². The molecule has 0 aromatic heterocycles. The van der Waals surface area contributed by atoms with Gasteiger partial charge in [-0.25, -0.2) is 4.57 Å². The van der Waals surface area contributed by atoms with Gasteiger partial charge >= 0.3 is 7.82 Å². The summed E-state index contributed by atoms with van der Waals surface area (Å²) in [6.07, 6.45) is 8.53. The van der Waals surface area contributed by atoms with Crippen molar-refractivity contribution in [3.63, 3.8) is 0 Å². The molecule has 6 nitrogen and oxygen atoms in total. The van der Waals surface area contributed by atoms with Crippen molar-refractivity contribution in [3.8, 4) is 0 Å². The number of fused-ring (bicyclic) bond motifs is 1. The molecule has 2 aliphatic carbocycles. The lowest BCUT2D eigenvalue weighted by Crippen LogP contribution is -2.41. The van der Waals surface area contributed by atoms with Gasteiger partial charge in [0.2, 0.25) is 0 Å². The van der Waals surface area contributed by atoms with Crippen LogP contribution in [0.15, 0.2) is 18.2 Å². The van der Waals surface area contributed by atoms with E-state index in [1.54, 1.807) is 0 Å². The summed E-state index contributed by atoms with van der Waals surface area (Å²) in [5.41, 5.74) is 9.91. The van der Waals surface area contributed by atoms with Gasteiger partial charge in [-0.15, -0.1) is 0 Å². The van der Waals surface area contributed by atoms with E-state index >= 15 is 0 Å². The molecule has 0 aliphatic heterocycles. The molecule has 1 aromatic carbocycles. The van der Waals surface area contributed by atoms with Crippen molar-refractivity contribution in [2.24, 2.45) is 11.7 Å². The zero-order valence-electron chi connectivity index (χ0n) is 17.7. The first-order valence-electron chi connectivity index (χ1n) is 10.9. The fourth-order valence-electron chi connectivity index (χ4n) is 4.83. The second-order valence-electron chi connectivity index (χ2n) is 9.26. The molecule has 0 spiro atoms. The van der Waals surface area contributed by atoms with Gasteiger partial charge in [-0.05, 0) is 93.7 Å². The Morgan fingerprint density at radius 1 is 1.28 bits per heavy atom. The Kier molecular flexibility index (Phi) is 7.58. The number of ether oxygens (including phenoxy) is 1. The molecule has 4 N–H and O–H groups in total. The van der Waals surface area contributed by atoms with Crippen LogP contribution in [0.25, 0.3) is 0 Å². The number of hydrogen-bond donors (Lipinski definition) is 3. The van der Waals surface area contributed by atoms with Crippen LogP contribution in [0.4, 0.5) is 0 Å². The Bertz CT molecular complexity index is 734. The molecule has 1 saturated carbocycles. The van der Waals surface area contributed by atoms with Gasteiger partial charge in [-0.3, -0.25) is 4.52 Å². The number of hydrogen-bond acceptors (Lipinski definition) is 4. The first-order chi connectivity index (χ1) is 13.6. The van der Waals surface area contributed by atoms with Crippen LogP contribution in [0.2, 0.25) is 0 Å². The molecule has 0 amide bonds. The molecule has 3 atom stereocenters. The highest BCUT2D eigenvalue weighted by molar-refractivity contribution is 7.46. The predicted molar refractivity (Wildman–Crippen MR) is 114 cm³/mol. The van der Waals surface area contributed by atoms with Gasteiger partial charge in [0.25, 0.3) is 0 Å².